The van der Waals surface area contributed by atoms with Gasteiger partial charge in [0.15, 0.2) is 11.6 Å². The molecule has 6 nitrogen and oxygen atoms in total. The normalized spacial score (nSPS) is 16.5. The number of nitrogens with zero attached hydrogens (tertiary/aromatic N) is 3. The molecule has 30 heavy (non-hydrogen) atoms. The van der Waals surface area contributed by atoms with E-state index < -0.39 is 0 Å². The SMILES string of the molecule is COc1ccc(N2CCN(C(=O)C[NH+](C)[C@H](C)c3nc4ccccc4s3)CC2)cc1. The number of thiazole rings is 1. The smallest absolute Gasteiger partial charge is 0.277 e. The van der Waals surface area contributed by atoms with Crippen molar-refractivity contribution in [2.75, 3.05) is 51.8 Å². The minimum atomic E-state index is 0.187. The molecule has 1 amide bonds. The number of aromatic nitrogens is 1. The molecule has 2 heterocycles. The molecular weight excluding hydrogens is 396 g/mol. The summed E-state index contributed by atoms with van der Waals surface area (Å²) in [4.78, 5) is 23.2. The number of carbonyl (C=O) groups is 1. The van der Waals surface area contributed by atoms with Gasteiger partial charge < -0.3 is 19.4 Å². The van der Waals surface area contributed by atoms with Crippen LogP contribution >= 0.6 is 11.3 Å². The average Bonchev–Trinajstić information content (AvgIpc) is 3.23. The van der Waals surface area contributed by atoms with Crippen LogP contribution in [0.25, 0.3) is 10.2 Å². The summed E-state index contributed by atoms with van der Waals surface area (Å²) < 4.78 is 6.43. The summed E-state index contributed by atoms with van der Waals surface area (Å²) in [5.41, 5.74) is 2.22. The molecular formula is C23H29N4O2S+. The second kappa shape index (κ2) is 9.02. The Kier molecular flexibility index (Phi) is 6.20. The highest BCUT2D eigenvalue weighted by atomic mass is 32.1. The predicted octanol–water partition coefficient (Wildman–Crippen LogP) is 2.23. The summed E-state index contributed by atoms with van der Waals surface area (Å²) in [6, 6.07) is 16.5. The van der Waals surface area contributed by atoms with Gasteiger partial charge in [0.2, 0.25) is 0 Å². The third-order valence-corrected chi connectivity index (χ3v) is 7.14. The van der Waals surface area contributed by atoms with Crippen molar-refractivity contribution in [2.45, 2.75) is 13.0 Å². The van der Waals surface area contributed by atoms with Crippen molar-refractivity contribution >= 4 is 33.1 Å². The first-order valence-electron chi connectivity index (χ1n) is 10.4. The fourth-order valence-corrected chi connectivity index (χ4v) is 4.91. The van der Waals surface area contributed by atoms with Crippen LogP contribution in [0, 0.1) is 0 Å². The summed E-state index contributed by atoms with van der Waals surface area (Å²) in [5.74, 6) is 1.08. The number of amides is 1. The van der Waals surface area contributed by atoms with E-state index in [4.69, 9.17) is 9.72 Å². The Balaban J connectivity index is 1.31. The molecule has 2 aromatic carbocycles. The van der Waals surface area contributed by atoms with Crippen LogP contribution in [0.2, 0.25) is 0 Å². The van der Waals surface area contributed by atoms with Crippen molar-refractivity contribution in [3.63, 3.8) is 0 Å². The molecule has 2 atom stereocenters. The van der Waals surface area contributed by atoms with Gasteiger partial charge in [-0.25, -0.2) is 4.98 Å². The molecule has 1 N–H and O–H groups in total. The van der Waals surface area contributed by atoms with Gasteiger partial charge in [0.05, 0.1) is 24.4 Å². The van der Waals surface area contributed by atoms with Crippen molar-refractivity contribution in [3.8, 4) is 5.75 Å². The van der Waals surface area contributed by atoms with Crippen LogP contribution in [0.3, 0.4) is 0 Å². The molecule has 1 unspecified atom stereocenters. The van der Waals surface area contributed by atoms with Crippen molar-refractivity contribution in [1.29, 1.82) is 0 Å². The van der Waals surface area contributed by atoms with Gasteiger partial charge in [0, 0.05) is 31.9 Å². The van der Waals surface area contributed by atoms with Crippen LogP contribution < -0.4 is 14.5 Å². The number of piperazine rings is 1. The van der Waals surface area contributed by atoms with Crippen LogP contribution in [-0.4, -0.2) is 62.7 Å². The first-order valence-corrected chi connectivity index (χ1v) is 11.2. The summed E-state index contributed by atoms with van der Waals surface area (Å²) in [6.45, 7) is 5.86. The molecule has 0 saturated carbocycles. The number of hydrogen-bond donors (Lipinski definition) is 1. The fraction of sp³-hybridized carbons (Fsp3) is 0.391. The van der Waals surface area contributed by atoms with Gasteiger partial charge in [0.1, 0.15) is 11.8 Å². The third-order valence-electron chi connectivity index (χ3n) is 5.92. The van der Waals surface area contributed by atoms with Gasteiger partial charge in [-0.2, -0.15) is 0 Å². The van der Waals surface area contributed by atoms with Crippen molar-refractivity contribution in [2.24, 2.45) is 0 Å². The van der Waals surface area contributed by atoms with Crippen LogP contribution in [-0.2, 0) is 4.79 Å². The van der Waals surface area contributed by atoms with Crippen molar-refractivity contribution in [3.05, 3.63) is 53.5 Å². The molecule has 1 aromatic heterocycles. The Morgan fingerprint density at radius 3 is 2.50 bits per heavy atom. The number of likely N-dealkylation sites (N-methyl/N-ethyl adjacent to an activating group) is 1. The number of ether oxygens (including phenoxy) is 1. The Morgan fingerprint density at radius 2 is 1.83 bits per heavy atom. The van der Waals surface area contributed by atoms with Gasteiger partial charge in [-0.1, -0.05) is 12.1 Å². The van der Waals surface area contributed by atoms with E-state index in [0.29, 0.717) is 6.54 Å². The molecule has 7 heteroatoms. The number of carbonyl (C=O) groups excluding carboxylic acids is 1. The molecule has 1 saturated heterocycles. The highest BCUT2D eigenvalue weighted by Crippen LogP contribution is 2.25. The van der Waals surface area contributed by atoms with E-state index in [9.17, 15) is 4.79 Å². The zero-order chi connectivity index (χ0) is 21.1. The number of para-hydroxylation sites is 1. The second-order valence-electron chi connectivity index (χ2n) is 7.83. The molecule has 3 aromatic rings. The lowest BCUT2D eigenvalue weighted by molar-refractivity contribution is -0.902. The van der Waals surface area contributed by atoms with Gasteiger partial charge in [-0.15, -0.1) is 11.3 Å². The highest BCUT2D eigenvalue weighted by Gasteiger charge is 2.27. The Labute approximate surface area is 181 Å². The van der Waals surface area contributed by atoms with Gasteiger partial charge in [0.25, 0.3) is 5.91 Å². The number of hydrogen-bond acceptors (Lipinski definition) is 5. The van der Waals surface area contributed by atoms with E-state index >= 15 is 0 Å². The predicted molar refractivity (Wildman–Crippen MR) is 122 cm³/mol. The highest BCUT2D eigenvalue weighted by molar-refractivity contribution is 7.18. The number of nitrogens with one attached hydrogen (secondary N) is 1. The molecule has 0 bridgehead atoms. The summed E-state index contributed by atoms with van der Waals surface area (Å²) >= 11 is 1.72. The molecule has 0 radical (unpaired) electrons. The molecule has 158 valence electrons. The van der Waals surface area contributed by atoms with E-state index in [1.807, 2.05) is 35.2 Å². The fourth-order valence-electron chi connectivity index (χ4n) is 3.80. The Morgan fingerprint density at radius 1 is 1.13 bits per heavy atom. The topological polar surface area (TPSA) is 50.1 Å². The lowest BCUT2D eigenvalue weighted by Crippen LogP contribution is -3.10. The standard InChI is InChI=1S/C23H28N4O2S/c1-17(23-24-20-6-4-5-7-21(20)30-23)25(2)16-22(28)27-14-12-26(13-15-27)18-8-10-19(29-3)11-9-18/h4-11,17H,12-16H2,1-3H3/p+1/t17-/m1/s1. The van der Waals surface area contributed by atoms with Crippen LogP contribution in [0.4, 0.5) is 5.69 Å². The zero-order valence-electron chi connectivity index (χ0n) is 17.8. The molecule has 0 aliphatic carbocycles. The van der Waals surface area contributed by atoms with Crippen LogP contribution in [0.15, 0.2) is 48.5 Å². The van der Waals surface area contributed by atoms with E-state index in [1.54, 1.807) is 18.4 Å². The summed E-state index contributed by atoms with van der Waals surface area (Å²) in [6.07, 6.45) is 0. The number of fused-ring (bicyclic) bond motifs is 1. The number of anilines is 1. The second-order valence-corrected chi connectivity index (χ2v) is 8.89. The maximum Gasteiger partial charge on any atom is 0.277 e. The van der Waals surface area contributed by atoms with E-state index in [1.165, 1.54) is 15.3 Å². The first-order chi connectivity index (χ1) is 14.5. The summed E-state index contributed by atoms with van der Waals surface area (Å²) in [5, 5.41) is 1.09. The van der Waals surface area contributed by atoms with E-state index in [-0.39, 0.29) is 11.9 Å². The maximum atomic E-state index is 12.9. The van der Waals surface area contributed by atoms with Crippen LogP contribution in [0.1, 0.15) is 18.0 Å². The lowest BCUT2D eigenvalue weighted by atomic mass is 10.2. The first kappa shape index (κ1) is 20.6. The molecule has 1 aliphatic heterocycles. The number of rotatable bonds is 6. The number of methoxy groups -OCH3 is 1. The molecule has 0 spiro atoms. The lowest BCUT2D eigenvalue weighted by Gasteiger charge is -2.36. The quantitative estimate of drug-likeness (QED) is 0.658. The molecule has 1 aliphatic rings. The zero-order valence-corrected chi connectivity index (χ0v) is 18.6. The number of benzene rings is 2. The van der Waals surface area contributed by atoms with E-state index in [0.717, 1.165) is 42.5 Å². The summed E-state index contributed by atoms with van der Waals surface area (Å²) in [7, 11) is 3.76. The van der Waals surface area contributed by atoms with Gasteiger partial charge in [-0.3, -0.25) is 4.79 Å². The minimum Gasteiger partial charge on any atom is -0.497 e. The third kappa shape index (κ3) is 4.42. The molecule has 4 rings (SSSR count). The minimum absolute atomic E-state index is 0.187. The largest absolute Gasteiger partial charge is 0.497 e. The van der Waals surface area contributed by atoms with Gasteiger partial charge in [-0.05, 0) is 43.3 Å². The monoisotopic (exact) mass is 425 g/mol. The Bertz CT molecular complexity index is 963. The van der Waals surface area contributed by atoms with Gasteiger partial charge >= 0.3 is 0 Å². The molecule has 1 fully saturated rings. The number of quaternary nitrogens is 1. The van der Waals surface area contributed by atoms with Crippen molar-refractivity contribution < 1.29 is 14.4 Å². The van der Waals surface area contributed by atoms with Crippen LogP contribution in [0.5, 0.6) is 5.75 Å². The average molecular weight is 426 g/mol. The maximum absolute atomic E-state index is 12.9. The Hall–Kier alpha value is -2.64. The van der Waals surface area contributed by atoms with E-state index in [2.05, 4.69) is 37.1 Å². The van der Waals surface area contributed by atoms with Crippen molar-refractivity contribution in [1.82, 2.24) is 9.88 Å².